The Morgan fingerprint density at radius 3 is 2.07 bits per heavy atom. The first-order valence-electron chi connectivity index (χ1n) is 9.23. The topological polar surface area (TPSA) is 26.3 Å². The molecule has 0 aliphatic heterocycles. The van der Waals surface area contributed by atoms with Gasteiger partial charge in [-0.3, -0.25) is 0 Å². The third-order valence-corrected chi connectivity index (χ3v) is 13.0. The minimum atomic E-state index is -2.13. The van der Waals surface area contributed by atoms with Crippen LogP contribution in [0.25, 0.3) is 0 Å². The third-order valence-electron chi connectivity index (χ3n) is 5.00. The molecule has 0 spiro atoms. The molecule has 0 heterocycles. The summed E-state index contributed by atoms with van der Waals surface area (Å²) in [6.45, 7) is 10.6. The molecule has 2 aromatic carbocycles. The van der Waals surface area contributed by atoms with Crippen LogP contribution in [0.5, 0.6) is 0 Å². The van der Waals surface area contributed by atoms with E-state index in [1.807, 2.05) is 36.4 Å². The average molecular weight is 468 g/mol. The predicted molar refractivity (Wildman–Crippen MR) is 119 cm³/mol. The second kappa shape index (κ2) is 9.42. The zero-order valence-corrected chi connectivity index (χ0v) is 20.2. The van der Waals surface area contributed by atoms with Gasteiger partial charge in [-0.2, -0.15) is 0 Å². The standard InChI is InChI=1S/C22H29ClO2SeSi/c1-22(2,3)27(4,5)25-20(24)16-19(23)21(17-12-8-6-9-13-17)26-18-14-10-7-11-15-18/h6-15,19,21H,16H2,1-5H3/t19-,21+/m1/s1. The summed E-state index contributed by atoms with van der Waals surface area (Å²) in [6.07, 6.45) is 0.238. The maximum atomic E-state index is 12.6. The number of carbonyl (C=O) groups is 1. The summed E-state index contributed by atoms with van der Waals surface area (Å²) in [5.41, 5.74) is 1.18. The number of halogens is 1. The number of benzene rings is 2. The summed E-state index contributed by atoms with van der Waals surface area (Å²) in [6, 6.07) is 20.6. The zero-order chi connectivity index (χ0) is 20.1. The number of hydrogen-bond donors (Lipinski definition) is 0. The fourth-order valence-electron chi connectivity index (χ4n) is 2.38. The molecule has 0 aromatic heterocycles. The van der Waals surface area contributed by atoms with Gasteiger partial charge in [0.15, 0.2) is 0 Å². The van der Waals surface area contributed by atoms with Gasteiger partial charge in [0.2, 0.25) is 0 Å². The van der Waals surface area contributed by atoms with E-state index in [0.29, 0.717) is 0 Å². The van der Waals surface area contributed by atoms with Crippen LogP contribution in [0.4, 0.5) is 0 Å². The number of alkyl halides is 1. The summed E-state index contributed by atoms with van der Waals surface area (Å²) < 4.78 is 7.21. The van der Waals surface area contributed by atoms with Crippen LogP contribution in [0.1, 0.15) is 37.6 Å². The fourth-order valence-corrected chi connectivity index (χ4v) is 6.28. The van der Waals surface area contributed by atoms with Gasteiger partial charge >= 0.3 is 176 Å². The van der Waals surface area contributed by atoms with E-state index in [-0.39, 0.29) is 42.6 Å². The van der Waals surface area contributed by atoms with Crippen molar-refractivity contribution in [2.45, 2.75) is 55.5 Å². The quantitative estimate of drug-likeness (QED) is 0.408. The van der Waals surface area contributed by atoms with Crippen LogP contribution in [-0.4, -0.2) is 34.6 Å². The van der Waals surface area contributed by atoms with E-state index in [9.17, 15) is 4.79 Å². The molecule has 0 radical (unpaired) electrons. The summed E-state index contributed by atoms with van der Waals surface area (Å²) in [5, 5.41) is -0.290. The predicted octanol–water partition coefficient (Wildman–Crippen LogP) is 5.30. The molecule has 5 heteroatoms. The SMILES string of the molecule is CC(C)(C)[Si](C)(C)OC(=O)C[C@@H](Cl)[C@@H]([Se]c1ccccc1)c1ccccc1. The van der Waals surface area contributed by atoms with Crippen molar-refractivity contribution in [2.24, 2.45) is 0 Å². The van der Waals surface area contributed by atoms with Gasteiger partial charge in [-0.1, -0.05) is 0 Å². The summed E-state index contributed by atoms with van der Waals surface area (Å²) in [5.74, 6) is -0.175. The van der Waals surface area contributed by atoms with Crippen molar-refractivity contribution in [1.29, 1.82) is 0 Å². The van der Waals surface area contributed by atoms with E-state index in [4.69, 9.17) is 16.0 Å². The van der Waals surface area contributed by atoms with E-state index >= 15 is 0 Å². The molecule has 0 unspecified atom stereocenters. The zero-order valence-electron chi connectivity index (χ0n) is 16.7. The van der Waals surface area contributed by atoms with Gasteiger partial charge < -0.3 is 0 Å². The van der Waals surface area contributed by atoms with E-state index in [1.165, 1.54) is 10.0 Å². The maximum absolute atomic E-state index is 12.6. The molecule has 0 bridgehead atoms. The summed E-state index contributed by atoms with van der Waals surface area (Å²) in [7, 11) is -2.13. The van der Waals surface area contributed by atoms with E-state index in [0.717, 1.165) is 0 Å². The van der Waals surface area contributed by atoms with Crippen LogP contribution in [-0.2, 0) is 9.22 Å². The van der Waals surface area contributed by atoms with Crippen molar-refractivity contribution in [2.75, 3.05) is 0 Å². The average Bonchev–Trinajstić information content (AvgIpc) is 2.59. The van der Waals surface area contributed by atoms with Crippen LogP contribution in [0, 0.1) is 0 Å². The molecule has 2 aromatic rings. The molecule has 0 N–H and O–H groups in total. The van der Waals surface area contributed by atoms with Crippen molar-refractivity contribution >= 4 is 45.3 Å². The minimum absolute atomic E-state index is 0.00270. The van der Waals surface area contributed by atoms with Crippen LogP contribution in [0.3, 0.4) is 0 Å². The monoisotopic (exact) mass is 468 g/mol. The van der Waals surface area contributed by atoms with Crippen LogP contribution in [0.15, 0.2) is 60.7 Å². The van der Waals surface area contributed by atoms with Crippen molar-refractivity contribution in [1.82, 2.24) is 0 Å². The number of carbonyl (C=O) groups excluding carboxylic acids is 1. The van der Waals surface area contributed by atoms with E-state index in [1.54, 1.807) is 0 Å². The van der Waals surface area contributed by atoms with Crippen molar-refractivity contribution in [3.63, 3.8) is 0 Å². The fraction of sp³-hybridized carbons (Fsp3) is 0.409. The van der Waals surface area contributed by atoms with Gasteiger partial charge in [0.05, 0.1) is 0 Å². The second-order valence-corrected chi connectivity index (χ2v) is 16.1. The van der Waals surface area contributed by atoms with Gasteiger partial charge in [-0.15, -0.1) is 0 Å². The normalized spacial score (nSPS) is 14.4. The van der Waals surface area contributed by atoms with Crippen molar-refractivity contribution < 1.29 is 9.22 Å². The molecule has 0 amide bonds. The third kappa shape index (κ3) is 6.50. The summed E-state index contributed by atoms with van der Waals surface area (Å²) in [4.78, 5) is 12.8. The first-order chi connectivity index (χ1) is 12.6. The molecular formula is C22H29ClO2SeSi. The Morgan fingerprint density at radius 1 is 1.04 bits per heavy atom. The second-order valence-electron chi connectivity index (χ2n) is 8.22. The first kappa shape index (κ1) is 22.2. The molecule has 0 saturated heterocycles. The number of rotatable bonds is 7. The summed E-state index contributed by atoms with van der Waals surface area (Å²) >= 11 is 6.93. The Morgan fingerprint density at radius 2 is 1.56 bits per heavy atom. The molecule has 0 saturated carbocycles. The van der Waals surface area contributed by atoms with Gasteiger partial charge in [0.1, 0.15) is 0 Å². The van der Waals surface area contributed by atoms with Crippen molar-refractivity contribution in [3.8, 4) is 0 Å². The molecule has 2 atom stereocenters. The Labute approximate surface area is 176 Å². The van der Waals surface area contributed by atoms with Crippen LogP contribution in [0.2, 0.25) is 18.1 Å². The van der Waals surface area contributed by atoms with Crippen LogP contribution < -0.4 is 4.46 Å². The molecule has 27 heavy (non-hydrogen) atoms. The van der Waals surface area contributed by atoms with Gasteiger partial charge in [0.25, 0.3) is 0 Å². The molecule has 0 fully saturated rings. The molecule has 2 nitrogen and oxygen atoms in total. The van der Waals surface area contributed by atoms with Crippen molar-refractivity contribution in [3.05, 3.63) is 66.2 Å². The molecule has 0 aliphatic carbocycles. The molecule has 146 valence electrons. The molecule has 2 rings (SSSR count). The van der Waals surface area contributed by atoms with E-state index < -0.39 is 8.32 Å². The Bertz CT molecular complexity index is 729. The Balaban J connectivity index is 2.14. The number of hydrogen-bond acceptors (Lipinski definition) is 2. The molecular weight excluding hydrogens is 439 g/mol. The van der Waals surface area contributed by atoms with Gasteiger partial charge in [-0.05, 0) is 0 Å². The van der Waals surface area contributed by atoms with E-state index in [2.05, 4.69) is 58.1 Å². The Hall–Kier alpha value is -1.06. The van der Waals surface area contributed by atoms with Gasteiger partial charge in [0, 0.05) is 0 Å². The van der Waals surface area contributed by atoms with Gasteiger partial charge in [-0.25, -0.2) is 0 Å². The Kier molecular flexibility index (Phi) is 7.76. The first-order valence-corrected chi connectivity index (χ1v) is 14.4. The van der Waals surface area contributed by atoms with Crippen LogP contribution >= 0.6 is 11.6 Å². The molecule has 0 aliphatic rings.